The predicted octanol–water partition coefficient (Wildman–Crippen LogP) is 2.98. The molecule has 86 heavy (non-hydrogen) atoms. The monoisotopic (exact) mass is 1210 g/mol. The van der Waals surface area contributed by atoms with Gasteiger partial charge in [0.25, 0.3) is 0 Å². The van der Waals surface area contributed by atoms with Crippen LogP contribution in [0.25, 0.3) is 11.1 Å². The van der Waals surface area contributed by atoms with Crippen LogP contribution in [0, 0.1) is 23.0 Å². The maximum absolute atomic E-state index is 15.5. The maximum atomic E-state index is 15.5. The number of halogens is 2. The second-order valence-electron chi connectivity index (χ2n) is 22.0. The van der Waals surface area contributed by atoms with Crippen molar-refractivity contribution in [3.63, 3.8) is 0 Å². The minimum Gasteiger partial charge on any atom is -0.481 e. The quantitative estimate of drug-likeness (QED) is 0.0379. The molecular formula is C60H84F2N8O16. The van der Waals surface area contributed by atoms with E-state index in [4.69, 9.17) is 19.9 Å². The number of aromatic nitrogens is 1. The number of nitrogens with one attached hydrogen (secondary N) is 5. The van der Waals surface area contributed by atoms with Crippen molar-refractivity contribution in [3.05, 3.63) is 83.7 Å². The Balaban J connectivity index is 1.99. The van der Waals surface area contributed by atoms with Crippen molar-refractivity contribution in [1.82, 2.24) is 36.1 Å². The summed E-state index contributed by atoms with van der Waals surface area (Å²) in [5.41, 5.74) is 6.00. The third-order valence-electron chi connectivity index (χ3n) is 13.6. The lowest BCUT2D eigenvalue weighted by Gasteiger charge is -2.41. The van der Waals surface area contributed by atoms with Crippen molar-refractivity contribution >= 4 is 64.7 Å². The Bertz CT molecular complexity index is 2790. The predicted molar refractivity (Wildman–Crippen MR) is 309 cm³/mol. The maximum Gasteiger partial charge on any atom is 0.303 e. The van der Waals surface area contributed by atoms with E-state index in [0.29, 0.717) is 18.9 Å². The fraction of sp³-hybridized carbons (Fsp3) is 0.550. The van der Waals surface area contributed by atoms with Gasteiger partial charge in [-0.3, -0.25) is 47.9 Å². The van der Waals surface area contributed by atoms with Crippen LogP contribution in [0.5, 0.6) is 0 Å². The molecule has 0 fully saturated rings. The molecule has 7 amide bonds. The lowest BCUT2D eigenvalue weighted by molar-refractivity contribution is -0.140. The number of ether oxygens (including phenoxy) is 3. The molecule has 0 spiro atoms. The number of hydrogen-bond acceptors (Lipinski definition) is 15. The zero-order valence-electron chi connectivity index (χ0n) is 50.0. The van der Waals surface area contributed by atoms with E-state index in [1.54, 1.807) is 37.6 Å². The first kappa shape index (κ1) is 72.4. The molecule has 0 saturated carbocycles. The summed E-state index contributed by atoms with van der Waals surface area (Å²) in [5.74, 6) is -11.1. The Labute approximate surface area is 499 Å². The van der Waals surface area contributed by atoms with Gasteiger partial charge in [0.1, 0.15) is 42.7 Å². The Morgan fingerprint density at radius 2 is 1.40 bits per heavy atom. The standard InChI is InChI=1S/C60H84F2N8O16/c1-37(29-50(74)39(3)65-53(77)36-86-28-27-85-26-25-84-7)57(81)68-47(32-51(63)75)59(83)67-46(58(82)64-23-12-16-49(73)45(20-21-55(79)80)66-52(76)17-11-13-38(2)72)22-24-70(54(78)35-71)56(60(4,5)6)48-30-41(43-31-42(61)18-19-44(43)62)34-69(48)33-40-14-9-8-10-15-40/h8-10,14-15,18-19,30-31,34,37,39,45-47,56,71H,11-13,16-17,20-29,32-33,35-36H2,1-7H3,(H2,63,75)(H,64,82)(H,65,77)(H,66,76)(H,67,83)(H,68,81)(H,79,80)/t37-,39-,45+,46-,47-,56-/m0/s1. The number of benzene rings is 2. The van der Waals surface area contributed by atoms with Gasteiger partial charge in [-0.05, 0) is 74.8 Å². The number of primary amides is 1. The minimum absolute atomic E-state index is 0.0684. The van der Waals surface area contributed by atoms with Crippen molar-refractivity contribution in [2.24, 2.45) is 17.1 Å². The normalized spacial score (nSPS) is 13.4. The van der Waals surface area contributed by atoms with Crippen molar-refractivity contribution in [1.29, 1.82) is 0 Å². The van der Waals surface area contributed by atoms with Gasteiger partial charge in [0.15, 0.2) is 11.6 Å². The van der Waals surface area contributed by atoms with Crippen LogP contribution in [0.3, 0.4) is 0 Å². The number of amides is 7. The van der Waals surface area contributed by atoms with Crippen LogP contribution in [0.1, 0.15) is 123 Å². The fourth-order valence-electron chi connectivity index (χ4n) is 9.21. The number of carbonyl (C=O) groups is 11. The Kier molecular flexibility index (Phi) is 31.1. The van der Waals surface area contributed by atoms with Crippen molar-refractivity contribution in [2.45, 2.75) is 143 Å². The average molecular weight is 1210 g/mol. The van der Waals surface area contributed by atoms with E-state index in [9.17, 15) is 67.3 Å². The van der Waals surface area contributed by atoms with Gasteiger partial charge in [-0.2, -0.15) is 0 Å². The van der Waals surface area contributed by atoms with Crippen LogP contribution in [0.15, 0.2) is 60.8 Å². The summed E-state index contributed by atoms with van der Waals surface area (Å²) in [7, 11) is 1.52. The summed E-state index contributed by atoms with van der Waals surface area (Å²) in [6.07, 6.45) is -0.884. The molecule has 0 unspecified atom stereocenters. The fourth-order valence-corrected chi connectivity index (χ4v) is 9.21. The molecule has 0 aliphatic rings. The largest absolute Gasteiger partial charge is 0.481 e. The third kappa shape index (κ3) is 25.8. The van der Waals surface area contributed by atoms with E-state index < -0.39 is 151 Å². The van der Waals surface area contributed by atoms with Gasteiger partial charge >= 0.3 is 5.97 Å². The number of ketones is 3. The van der Waals surface area contributed by atoms with Gasteiger partial charge < -0.3 is 71.0 Å². The van der Waals surface area contributed by atoms with Gasteiger partial charge in [-0.1, -0.05) is 58.0 Å². The number of aliphatic carboxylic acids is 1. The van der Waals surface area contributed by atoms with Gasteiger partial charge in [0.2, 0.25) is 41.4 Å². The number of carbonyl (C=O) groups excluding carboxylic acids is 10. The molecule has 0 radical (unpaired) electrons. The summed E-state index contributed by atoms with van der Waals surface area (Å²) in [5, 5.41) is 32.5. The molecule has 3 rings (SSSR count). The van der Waals surface area contributed by atoms with Gasteiger partial charge in [-0.15, -0.1) is 0 Å². The number of methoxy groups -OCH3 is 1. The number of rotatable bonds is 41. The Morgan fingerprint density at radius 3 is 2.03 bits per heavy atom. The number of Topliss-reactive ketones (excluding diaryl/α,β-unsaturated/α-hetero) is 3. The molecule has 2 aromatic carbocycles. The lowest BCUT2D eigenvalue weighted by atomic mass is 9.82. The van der Waals surface area contributed by atoms with E-state index >= 15 is 4.39 Å². The molecule has 0 saturated heterocycles. The van der Waals surface area contributed by atoms with Crippen molar-refractivity contribution in [3.8, 4) is 11.1 Å². The van der Waals surface area contributed by atoms with E-state index in [1.165, 1.54) is 32.8 Å². The zero-order valence-corrected chi connectivity index (χ0v) is 50.0. The smallest absolute Gasteiger partial charge is 0.303 e. The molecule has 9 N–H and O–H groups in total. The van der Waals surface area contributed by atoms with Crippen molar-refractivity contribution in [2.75, 3.05) is 59.8 Å². The number of aliphatic hydroxyl groups excluding tert-OH is 1. The van der Waals surface area contributed by atoms with E-state index in [-0.39, 0.29) is 88.3 Å². The first-order chi connectivity index (χ1) is 40.6. The molecular weight excluding hydrogens is 1130 g/mol. The third-order valence-corrected chi connectivity index (χ3v) is 13.6. The molecule has 3 aromatic rings. The van der Waals surface area contributed by atoms with Gasteiger partial charge in [0, 0.05) is 87.8 Å². The zero-order chi connectivity index (χ0) is 64.1. The van der Waals surface area contributed by atoms with E-state index in [1.807, 2.05) is 30.3 Å². The van der Waals surface area contributed by atoms with Crippen LogP contribution in [0.2, 0.25) is 0 Å². The number of nitrogens with zero attached hydrogens (tertiary/aromatic N) is 2. The highest BCUT2D eigenvalue weighted by atomic mass is 19.1. The van der Waals surface area contributed by atoms with Crippen LogP contribution in [-0.2, 0) is 73.5 Å². The number of nitrogens with two attached hydrogens (primary N) is 1. The second-order valence-corrected chi connectivity index (χ2v) is 22.0. The SMILES string of the molecule is COCCOCCOCC(=O)N[C@@H](C)C(=O)C[C@H](C)C(=O)N[C@@H](CC(N)=O)C(=O)N[C@@H](CCN(C(=O)CO)[C@@H](c1cc(-c2cc(F)ccc2F)cn1Cc1ccccc1)C(C)(C)C)C(=O)NCCCC(=O)[C@@H](CCC(=O)O)NC(=O)CCCC(C)=O. The highest BCUT2D eigenvalue weighted by molar-refractivity contribution is 5.97. The summed E-state index contributed by atoms with van der Waals surface area (Å²) in [4.78, 5) is 145. The Morgan fingerprint density at radius 1 is 0.721 bits per heavy atom. The van der Waals surface area contributed by atoms with Gasteiger partial charge in [0.05, 0.1) is 51.0 Å². The summed E-state index contributed by atoms with van der Waals surface area (Å²) in [6.45, 7) is 8.60. The van der Waals surface area contributed by atoms with Gasteiger partial charge in [-0.25, -0.2) is 8.78 Å². The number of carboxylic acid groups (broad SMARTS) is 1. The molecule has 0 bridgehead atoms. The van der Waals surface area contributed by atoms with E-state index in [0.717, 1.165) is 23.8 Å². The second kappa shape index (κ2) is 36.9. The molecule has 0 aliphatic heterocycles. The summed E-state index contributed by atoms with van der Waals surface area (Å²) < 4.78 is 47.4. The average Bonchev–Trinajstić information content (AvgIpc) is 2.32. The van der Waals surface area contributed by atoms with Crippen LogP contribution < -0.4 is 32.3 Å². The van der Waals surface area contributed by atoms with Crippen LogP contribution >= 0.6 is 0 Å². The molecule has 474 valence electrons. The minimum atomic E-state index is -1.75. The number of hydrogen-bond donors (Lipinski definition) is 8. The topological polar surface area (TPSA) is 350 Å². The van der Waals surface area contributed by atoms with Crippen molar-refractivity contribution < 1.29 is 85.9 Å². The first-order valence-corrected chi connectivity index (χ1v) is 28.4. The Hall–Kier alpha value is -7.81. The molecule has 0 aliphatic carbocycles. The molecule has 1 heterocycles. The molecule has 6 atom stereocenters. The van der Waals surface area contributed by atoms with Crippen LogP contribution in [-0.4, -0.2) is 168 Å². The van der Waals surface area contributed by atoms with E-state index in [2.05, 4.69) is 26.6 Å². The first-order valence-electron chi connectivity index (χ1n) is 28.4. The molecule has 1 aromatic heterocycles. The highest BCUT2D eigenvalue weighted by Gasteiger charge is 2.39. The summed E-state index contributed by atoms with van der Waals surface area (Å²) in [6, 6.07) is 7.02. The number of aliphatic hydroxyl groups is 1. The highest BCUT2D eigenvalue weighted by Crippen LogP contribution is 2.41. The number of carboxylic acids is 1. The molecule has 26 heteroatoms. The van der Waals surface area contributed by atoms with Crippen LogP contribution in [0.4, 0.5) is 8.78 Å². The molecule has 24 nitrogen and oxygen atoms in total. The lowest BCUT2D eigenvalue weighted by Crippen LogP contribution is -2.56. The summed E-state index contributed by atoms with van der Waals surface area (Å²) >= 11 is 0.